The second-order valence-electron chi connectivity index (χ2n) is 10.6. The van der Waals surface area contributed by atoms with Gasteiger partial charge in [0.1, 0.15) is 29.3 Å². The Morgan fingerprint density at radius 2 is 1.68 bits per heavy atom. The van der Waals surface area contributed by atoms with Gasteiger partial charge in [0.05, 0.1) is 25.5 Å². The summed E-state index contributed by atoms with van der Waals surface area (Å²) in [6.45, 7) is 0.248. The van der Waals surface area contributed by atoms with Crippen molar-refractivity contribution < 1.29 is 31.1 Å². The molecule has 10 nitrogen and oxygen atoms in total. The minimum absolute atomic E-state index is 0.000328. The fourth-order valence-corrected chi connectivity index (χ4v) is 5.12. The Labute approximate surface area is 245 Å². The molecule has 4 aromatic heterocycles. The van der Waals surface area contributed by atoms with Crippen molar-refractivity contribution in [1.82, 2.24) is 38.6 Å². The molecule has 0 radical (unpaired) electrons. The lowest BCUT2D eigenvalue weighted by molar-refractivity contribution is -0.141. The Balaban J connectivity index is 1.44. The van der Waals surface area contributed by atoms with E-state index in [9.17, 15) is 26.3 Å². The summed E-state index contributed by atoms with van der Waals surface area (Å²) in [6.07, 6.45) is -5.28. The SMILES string of the molecule is COc1nc(C)nc(C2CC2)c1-c1ncc2c(n1)n(Cc1ccc(-c3nc(C(F)(F)F)cn3C)cc1)c(=N)n2CC(F)(F)F. The predicted octanol–water partition coefficient (Wildman–Crippen LogP) is 5.39. The van der Waals surface area contributed by atoms with Gasteiger partial charge < -0.3 is 9.30 Å². The third kappa shape index (κ3) is 5.51. The second kappa shape index (κ2) is 10.4. The molecule has 1 aliphatic carbocycles. The number of halogens is 6. The van der Waals surface area contributed by atoms with Gasteiger partial charge in [0, 0.05) is 24.7 Å². The summed E-state index contributed by atoms with van der Waals surface area (Å²) in [5, 5.41) is 8.66. The molecule has 6 rings (SSSR count). The van der Waals surface area contributed by atoms with E-state index < -0.39 is 30.2 Å². The highest BCUT2D eigenvalue weighted by Gasteiger charge is 2.35. The van der Waals surface area contributed by atoms with Crippen LogP contribution in [0.15, 0.2) is 36.7 Å². The Morgan fingerprint density at radius 1 is 0.977 bits per heavy atom. The highest BCUT2D eigenvalue weighted by Crippen LogP contribution is 2.45. The topological polar surface area (TPSA) is 112 Å². The van der Waals surface area contributed by atoms with Crippen LogP contribution in [-0.4, -0.2) is 51.9 Å². The number of aryl methyl sites for hydroxylation is 2. The van der Waals surface area contributed by atoms with E-state index in [0.29, 0.717) is 28.2 Å². The van der Waals surface area contributed by atoms with Crippen molar-refractivity contribution in [3.8, 4) is 28.7 Å². The quantitative estimate of drug-likeness (QED) is 0.245. The van der Waals surface area contributed by atoms with Crippen LogP contribution in [-0.2, 0) is 26.3 Å². The van der Waals surface area contributed by atoms with Gasteiger partial charge in [-0.3, -0.25) is 14.5 Å². The van der Waals surface area contributed by atoms with Crippen LogP contribution in [0.3, 0.4) is 0 Å². The number of aromatic nitrogens is 8. The first kappa shape index (κ1) is 29.3. The van der Waals surface area contributed by atoms with Gasteiger partial charge >= 0.3 is 12.4 Å². The lowest BCUT2D eigenvalue weighted by Crippen LogP contribution is -2.30. The highest BCUT2D eigenvalue weighted by atomic mass is 19.4. The number of benzene rings is 1. The van der Waals surface area contributed by atoms with Crippen molar-refractivity contribution in [2.45, 2.75) is 51.1 Å². The summed E-state index contributed by atoms with van der Waals surface area (Å²) in [5.74, 6) is 1.14. The van der Waals surface area contributed by atoms with Crippen molar-refractivity contribution in [3.63, 3.8) is 0 Å². The zero-order valence-electron chi connectivity index (χ0n) is 23.6. The maximum atomic E-state index is 13.6. The third-order valence-corrected chi connectivity index (χ3v) is 7.26. The largest absolute Gasteiger partial charge is 0.480 e. The maximum Gasteiger partial charge on any atom is 0.434 e. The smallest absolute Gasteiger partial charge is 0.434 e. The van der Waals surface area contributed by atoms with Crippen molar-refractivity contribution in [2.75, 3.05) is 7.11 Å². The fourth-order valence-electron chi connectivity index (χ4n) is 5.12. The molecule has 16 heteroatoms. The van der Waals surface area contributed by atoms with Gasteiger partial charge in [0.2, 0.25) is 11.5 Å². The lowest BCUT2D eigenvalue weighted by Gasteiger charge is -2.12. The Morgan fingerprint density at radius 3 is 2.27 bits per heavy atom. The lowest BCUT2D eigenvalue weighted by atomic mass is 10.1. The molecule has 1 fully saturated rings. The van der Waals surface area contributed by atoms with E-state index in [4.69, 9.17) is 10.1 Å². The summed E-state index contributed by atoms with van der Waals surface area (Å²) < 4.78 is 89.0. The summed E-state index contributed by atoms with van der Waals surface area (Å²) in [4.78, 5) is 21.6. The number of nitrogens with one attached hydrogen (secondary N) is 1. The summed E-state index contributed by atoms with van der Waals surface area (Å²) in [6, 6.07) is 6.35. The van der Waals surface area contributed by atoms with Crippen LogP contribution in [0.2, 0.25) is 0 Å². The fraction of sp³-hybridized carbons (Fsp3) is 0.357. The maximum absolute atomic E-state index is 13.6. The molecule has 1 aliphatic rings. The monoisotopic (exact) mass is 617 g/mol. The average Bonchev–Trinajstić information content (AvgIpc) is 3.68. The van der Waals surface area contributed by atoms with E-state index in [1.54, 1.807) is 31.2 Å². The molecular formula is C28H25F6N9O. The van der Waals surface area contributed by atoms with Gasteiger partial charge in [0.25, 0.3) is 0 Å². The highest BCUT2D eigenvalue weighted by molar-refractivity contribution is 5.76. The van der Waals surface area contributed by atoms with E-state index in [1.807, 2.05) is 0 Å². The molecule has 230 valence electrons. The molecular weight excluding hydrogens is 592 g/mol. The molecule has 5 aromatic rings. The van der Waals surface area contributed by atoms with Crippen molar-refractivity contribution >= 4 is 11.2 Å². The Hall–Kier alpha value is -4.76. The number of hydrogen-bond acceptors (Lipinski definition) is 7. The zero-order valence-corrected chi connectivity index (χ0v) is 23.6. The molecule has 0 spiro atoms. The van der Waals surface area contributed by atoms with Crippen molar-refractivity contribution in [1.29, 1.82) is 5.41 Å². The summed E-state index contributed by atoms with van der Waals surface area (Å²) in [7, 11) is 2.89. The predicted molar refractivity (Wildman–Crippen MR) is 144 cm³/mol. The molecule has 0 bridgehead atoms. The molecule has 0 amide bonds. The molecule has 1 N–H and O–H groups in total. The van der Waals surface area contributed by atoms with E-state index in [0.717, 1.165) is 23.6 Å². The van der Waals surface area contributed by atoms with Gasteiger partial charge in [-0.15, -0.1) is 0 Å². The molecule has 44 heavy (non-hydrogen) atoms. The number of rotatable bonds is 7. The van der Waals surface area contributed by atoms with E-state index >= 15 is 0 Å². The summed E-state index contributed by atoms with van der Waals surface area (Å²) in [5.41, 5.74) is 0.714. The van der Waals surface area contributed by atoms with Crippen LogP contribution in [0, 0.1) is 12.3 Å². The standard InChI is InChI=1S/C28H25F6N9O/c1-14-37-21(16-8-9-16)20(25(38-14)44-3)22-36-10-18-24(40-22)42(26(35)43(18)13-27(29,30)31)11-15-4-6-17(7-5-15)23-39-19(12-41(23)2)28(32,33)34/h4-7,10,12,16,35H,8-9,11,13H2,1-3H3. The van der Waals surface area contributed by atoms with E-state index in [1.165, 1.54) is 29.5 Å². The second-order valence-corrected chi connectivity index (χ2v) is 10.6. The number of methoxy groups -OCH3 is 1. The van der Waals surface area contributed by atoms with Gasteiger partial charge in [0.15, 0.2) is 17.2 Å². The Kier molecular flexibility index (Phi) is 6.96. The molecule has 1 aromatic carbocycles. The number of nitrogens with zero attached hydrogens (tertiary/aromatic N) is 8. The summed E-state index contributed by atoms with van der Waals surface area (Å²) >= 11 is 0. The van der Waals surface area contributed by atoms with Crippen LogP contribution in [0.25, 0.3) is 33.9 Å². The van der Waals surface area contributed by atoms with E-state index in [-0.39, 0.29) is 41.2 Å². The van der Waals surface area contributed by atoms with Crippen molar-refractivity contribution in [2.24, 2.45) is 7.05 Å². The first-order chi connectivity index (χ1) is 20.7. The molecule has 0 saturated heterocycles. The van der Waals surface area contributed by atoms with Crippen LogP contribution in [0.5, 0.6) is 5.88 Å². The van der Waals surface area contributed by atoms with Crippen LogP contribution >= 0.6 is 0 Å². The normalized spacial score (nSPS) is 14.0. The number of fused-ring (bicyclic) bond motifs is 1. The van der Waals surface area contributed by atoms with E-state index in [2.05, 4.69) is 24.9 Å². The van der Waals surface area contributed by atoms with Gasteiger partial charge in [-0.25, -0.2) is 19.9 Å². The number of imidazole rings is 2. The first-order valence-corrected chi connectivity index (χ1v) is 13.4. The molecule has 0 aliphatic heterocycles. The first-order valence-electron chi connectivity index (χ1n) is 13.4. The molecule has 0 atom stereocenters. The van der Waals surface area contributed by atoms with Crippen LogP contribution in [0.1, 0.15) is 41.5 Å². The molecule has 4 heterocycles. The Bertz CT molecular complexity index is 1930. The van der Waals surface area contributed by atoms with Gasteiger partial charge in [-0.2, -0.15) is 31.3 Å². The van der Waals surface area contributed by atoms with Gasteiger partial charge in [-0.1, -0.05) is 24.3 Å². The van der Waals surface area contributed by atoms with Crippen LogP contribution < -0.4 is 10.4 Å². The zero-order chi connectivity index (χ0) is 31.6. The number of alkyl halides is 6. The van der Waals surface area contributed by atoms with Crippen molar-refractivity contribution in [3.05, 3.63) is 65.1 Å². The minimum atomic E-state index is -4.62. The van der Waals surface area contributed by atoms with Gasteiger partial charge in [-0.05, 0) is 25.3 Å². The minimum Gasteiger partial charge on any atom is -0.480 e. The number of ether oxygens (including phenoxy) is 1. The molecule has 0 unspecified atom stereocenters. The number of hydrogen-bond donors (Lipinski definition) is 1. The molecule has 1 saturated carbocycles. The van der Waals surface area contributed by atoms with Crippen LogP contribution in [0.4, 0.5) is 26.3 Å². The average molecular weight is 618 g/mol. The third-order valence-electron chi connectivity index (χ3n) is 7.26.